The Morgan fingerprint density at radius 3 is 2.68 bits per heavy atom. The predicted molar refractivity (Wildman–Crippen MR) is 96.0 cm³/mol. The summed E-state index contributed by atoms with van der Waals surface area (Å²) in [4.78, 5) is 20.7. The second-order valence-electron chi connectivity index (χ2n) is 6.81. The van der Waals surface area contributed by atoms with Crippen molar-refractivity contribution in [2.75, 3.05) is 0 Å². The van der Waals surface area contributed by atoms with E-state index in [9.17, 15) is 18.0 Å². The van der Waals surface area contributed by atoms with E-state index in [0.29, 0.717) is 40.3 Å². The number of hydrogen-bond donors (Lipinski definition) is 1. The fourth-order valence-electron chi connectivity index (χ4n) is 3.08. The molecule has 3 aromatic heterocycles. The quantitative estimate of drug-likeness (QED) is 0.711. The number of aryl methyl sites for hydroxylation is 1. The van der Waals surface area contributed by atoms with Gasteiger partial charge in [-0.2, -0.15) is 18.3 Å². The largest absolute Gasteiger partial charge is 0.408 e. The monoisotopic (exact) mass is 409 g/mol. The summed E-state index contributed by atoms with van der Waals surface area (Å²) in [5.41, 5.74) is 2.12. The van der Waals surface area contributed by atoms with Gasteiger partial charge in [-0.15, -0.1) is 0 Å². The van der Waals surface area contributed by atoms with Crippen LogP contribution in [0.5, 0.6) is 0 Å². The van der Waals surface area contributed by atoms with E-state index < -0.39 is 24.0 Å². The Hall–Kier alpha value is -2.68. The van der Waals surface area contributed by atoms with Crippen molar-refractivity contribution in [3.8, 4) is 11.3 Å². The number of halogens is 4. The van der Waals surface area contributed by atoms with Crippen LogP contribution < -0.4 is 5.32 Å². The predicted octanol–water partition coefficient (Wildman–Crippen LogP) is 3.82. The molecule has 0 aliphatic heterocycles. The number of aromatic nitrogens is 4. The topological polar surface area (TPSA) is 72.2 Å². The van der Waals surface area contributed by atoms with Crippen molar-refractivity contribution in [2.45, 2.75) is 32.0 Å². The van der Waals surface area contributed by atoms with Gasteiger partial charge in [-0.3, -0.25) is 9.78 Å². The SMILES string of the molecule is Cc1cc(-c2cncc(Cl)c2)nn2c(C(=O)N[C@@H](C3CC3)C(F)(F)F)cnc12. The summed E-state index contributed by atoms with van der Waals surface area (Å²) < 4.78 is 41.0. The van der Waals surface area contributed by atoms with Crippen molar-refractivity contribution >= 4 is 23.2 Å². The van der Waals surface area contributed by atoms with Crippen molar-refractivity contribution in [1.29, 1.82) is 0 Å². The van der Waals surface area contributed by atoms with Crippen LogP contribution in [0.4, 0.5) is 13.2 Å². The molecule has 1 saturated carbocycles. The van der Waals surface area contributed by atoms with Crippen LogP contribution in [0, 0.1) is 12.8 Å². The molecule has 0 saturated heterocycles. The second kappa shape index (κ2) is 6.73. The van der Waals surface area contributed by atoms with Crippen molar-refractivity contribution in [1.82, 2.24) is 24.9 Å². The maximum absolute atomic E-state index is 13.2. The highest BCUT2D eigenvalue weighted by atomic mass is 35.5. The number of pyridine rings is 1. The molecule has 28 heavy (non-hydrogen) atoms. The number of fused-ring (bicyclic) bond motifs is 1. The fourth-order valence-corrected chi connectivity index (χ4v) is 3.26. The zero-order valence-electron chi connectivity index (χ0n) is 14.7. The second-order valence-corrected chi connectivity index (χ2v) is 7.25. The Balaban J connectivity index is 1.72. The van der Waals surface area contributed by atoms with E-state index in [2.05, 4.69) is 20.4 Å². The van der Waals surface area contributed by atoms with Gasteiger partial charge in [0.05, 0.1) is 16.9 Å². The molecule has 0 radical (unpaired) electrons. The summed E-state index contributed by atoms with van der Waals surface area (Å²) >= 11 is 5.97. The minimum Gasteiger partial charge on any atom is -0.339 e. The van der Waals surface area contributed by atoms with E-state index >= 15 is 0 Å². The Kier molecular flexibility index (Phi) is 4.49. The lowest BCUT2D eigenvalue weighted by Gasteiger charge is -2.21. The molecule has 0 spiro atoms. The molecule has 0 bridgehead atoms. The number of rotatable bonds is 4. The van der Waals surface area contributed by atoms with Gasteiger partial charge in [0.1, 0.15) is 6.04 Å². The molecule has 4 rings (SSSR count). The average Bonchev–Trinajstić information content (AvgIpc) is 3.36. The van der Waals surface area contributed by atoms with E-state index in [1.54, 1.807) is 25.3 Å². The van der Waals surface area contributed by atoms with Gasteiger partial charge < -0.3 is 5.32 Å². The summed E-state index contributed by atoms with van der Waals surface area (Å²) in [6, 6.07) is 1.54. The van der Waals surface area contributed by atoms with Crippen LogP contribution in [0.15, 0.2) is 30.7 Å². The minimum absolute atomic E-state index is 0.0650. The first-order chi connectivity index (χ1) is 13.2. The summed E-state index contributed by atoms with van der Waals surface area (Å²) in [7, 11) is 0. The van der Waals surface area contributed by atoms with E-state index in [1.165, 1.54) is 16.9 Å². The first-order valence-corrected chi connectivity index (χ1v) is 8.95. The van der Waals surface area contributed by atoms with Gasteiger partial charge in [0.25, 0.3) is 5.91 Å². The van der Waals surface area contributed by atoms with Crippen LogP contribution in [-0.4, -0.2) is 37.7 Å². The molecule has 1 fully saturated rings. The summed E-state index contributed by atoms with van der Waals surface area (Å²) in [6.45, 7) is 1.77. The molecule has 1 aliphatic carbocycles. The number of nitrogens with zero attached hydrogens (tertiary/aromatic N) is 4. The molecule has 0 unspecified atom stereocenters. The molecule has 146 valence electrons. The zero-order chi connectivity index (χ0) is 20.1. The van der Waals surface area contributed by atoms with Crippen LogP contribution in [-0.2, 0) is 0 Å². The van der Waals surface area contributed by atoms with E-state index in [1.807, 2.05) is 0 Å². The number of hydrogen-bond acceptors (Lipinski definition) is 4. The summed E-state index contributed by atoms with van der Waals surface area (Å²) in [5.74, 6) is -1.44. The van der Waals surface area contributed by atoms with E-state index in [-0.39, 0.29) is 5.69 Å². The Morgan fingerprint density at radius 2 is 2.04 bits per heavy atom. The highest BCUT2D eigenvalue weighted by Crippen LogP contribution is 2.40. The number of nitrogens with one attached hydrogen (secondary N) is 1. The Morgan fingerprint density at radius 1 is 1.29 bits per heavy atom. The van der Waals surface area contributed by atoms with Crippen LogP contribution in [0.3, 0.4) is 0 Å². The van der Waals surface area contributed by atoms with Gasteiger partial charge in [-0.25, -0.2) is 9.50 Å². The Bertz CT molecular complexity index is 1060. The highest BCUT2D eigenvalue weighted by Gasteiger charge is 2.49. The number of amides is 1. The molecular weight excluding hydrogens is 395 g/mol. The molecule has 6 nitrogen and oxygen atoms in total. The molecule has 1 amide bonds. The maximum Gasteiger partial charge on any atom is 0.408 e. The number of alkyl halides is 3. The molecule has 3 heterocycles. The van der Waals surface area contributed by atoms with Crippen LogP contribution in [0.2, 0.25) is 5.02 Å². The molecule has 3 aromatic rings. The molecule has 1 atom stereocenters. The molecular formula is C18H15ClF3N5O. The normalized spacial score (nSPS) is 15.6. The van der Waals surface area contributed by atoms with Gasteiger partial charge >= 0.3 is 6.18 Å². The van der Waals surface area contributed by atoms with Gasteiger partial charge in [0.2, 0.25) is 0 Å². The minimum atomic E-state index is -4.50. The Labute approximate surface area is 162 Å². The van der Waals surface area contributed by atoms with Crippen LogP contribution in [0.1, 0.15) is 28.9 Å². The number of carbonyl (C=O) groups excluding carboxylic acids is 1. The third-order valence-corrected chi connectivity index (χ3v) is 4.82. The fraction of sp³-hybridized carbons (Fsp3) is 0.333. The van der Waals surface area contributed by atoms with Crippen molar-refractivity contribution < 1.29 is 18.0 Å². The van der Waals surface area contributed by atoms with Gasteiger partial charge in [-0.1, -0.05) is 11.6 Å². The average molecular weight is 410 g/mol. The van der Waals surface area contributed by atoms with Crippen molar-refractivity contribution in [3.63, 3.8) is 0 Å². The lowest BCUT2D eigenvalue weighted by Crippen LogP contribution is -2.47. The van der Waals surface area contributed by atoms with E-state index in [4.69, 9.17) is 11.6 Å². The first kappa shape index (κ1) is 18.7. The van der Waals surface area contributed by atoms with Crippen LogP contribution >= 0.6 is 11.6 Å². The van der Waals surface area contributed by atoms with Gasteiger partial charge in [0.15, 0.2) is 11.3 Å². The third kappa shape index (κ3) is 3.54. The third-order valence-electron chi connectivity index (χ3n) is 4.62. The first-order valence-electron chi connectivity index (χ1n) is 8.58. The molecule has 1 aliphatic rings. The smallest absolute Gasteiger partial charge is 0.339 e. The molecule has 0 aromatic carbocycles. The standard InChI is InChI=1S/C18H15ClF3N5O/c1-9-4-13(11-5-12(19)7-23-6-11)26-27-14(8-24-16(9)27)17(28)25-15(10-2-3-10)18(20,21)22/h4-8,10,15H,2-3H2,1H3,(H,25,28)/t15-/m0/s1. The van der Waals surface area contributed by atoms with Gasteiger partial charge in [-0.05, 0) is 43.4 Å². The number of imidazole rings is 1. The van der Waals surface area contributed by atoms with E-state index in [0.717, 1.165) is 0 Å². The van der Waals surface area contributed by atoms with Crippen molar-refractivity contribution in [2.24, 2.45) is 5.92 Å². The van der Waals surface area contributed by atoms with Crippen molar-refractivity contribution in [3.05, 3.63) is 47.0 Å². The zero-order valence-corrected chi connectivity index (χ0v) is 15.4. The molecule has 10 heteroatoms. The maximum atomic E-state index is 13.2. The van der Waals surface area contributed by atoms with Crippen LogP contribution in [0.25, 0.3) is 16.9 Å². The lowest BCUT2D eigenvalue weighted by atomic mass is 10.1. The lowest BCUT2D eigenvalue weighted by molar-refractivity contribution is -0.158. The van der Waals surface area contributed by atoms with Gasteiger partial charge in [0, 0.05) is 18.0 Å². The summed E-state index contributed by atoms with van der Waals surface area (Å²) in [6.07, 6.45) is 0.648. The summed E-state index contributed by atoms with van der Waals surface area (Å²) in [5, 5.41) is 6.89. The highest BCUT2D eigenvalue weighted by molar-refractivity contribution is 6.30. The molecule has 1 N–H and O–H groups in total. The number of carbonyl (C=O) groups is 1.